The topological polar surface area (TPSA) is 53.3 Å². The molecule has 0 bridgehead atoms. The summed E-state index contributed by atoms with van der Waals surface area (Å²) in [6.45, 7) is 2.54. The number of benzene rings is 1. The van der Waals surface area contributed by atoms with Crippen LogP contribution in [0.5, 0.6) is 5.75 Å². The molecule has 0 aliphatic rings. The number of amides is 1. The lowest BCUT2D eigenvalue weighted by molar-refractivity contribution is -0.132. The summed E-state index contributed by atoms with van der Waals surface area (Å²) in [5.74, 6) is 0.324. The molecule has 0 radical (unpaired) electrons. The van der Waals surface area contributed by atoms with Crippen LogP contribution in [0.15, 0.2) is 35.7 Å². The molecule has 1 aromatic carbocycles. The molecule has 0 aliphatic heterocycles. The number of hydrogen-bond acceptors (Lipinski definition) is 4. The van der Waals surface area contributed by atoms with Gasteiger partial charge in [-0.3, -0.25) is 4.79 Å². The molecule has 1 amide bonds. The number of carbonyl (C=O) groups excluding carboxylic acids is 1. The van der Waals surface area contributed by atoms with Crippen LogP contribution in [0.25, 0.3) is 0 Å². The van der Waals surface area contributed by atoms with E-state index in [-0.39, 0.29) is 12.5 Å². The van der Waals surface area contributed by atoms with Crippen molar-refractivity contribution >= 4 is 17.2 Å². The van der Waals surface area contributed by atoms with Crippen molar-refractivity contribution in [2.45, 2.75) is 13.5 Å². The summed E-state index contributed by atoms with van der Waals surface area (Å²) in [5.41, 5.74) is 1.62. The minimum Gasteiger partial charge on any atom is -0.482 e. The van der Waals surface area contributed by atoms with Crippen molar-refractivity contribution in [3.63, 3.8) is 0 Å². The van der Waals surface area contributed by atoms with E-state index in [0.29, 0.717) is 17.9 Å². The predicted molar refractivity (Wildman–Crippen MR) is 82.2 cm³/mol. The van der Waals surface area contributed by atoms with E-state index in [9.17, 15) is 4.79 Å². The third kappa shape index (κ3) is 3.83. The second-order valence-corrected chi connectivity index (χ2v) is 5.67. The molecule has 1 heterocycles. The largest absolute Gasteiger partial charge is 0.482 e. The van der Waals surface area contributed by atoms with Crippen molar-refractivity contribution in [1.29, 1.82) is 5.26 Å². The Labute approximate surface area is 128 Å². The van der Waals surface area contributed by atoms with Crippen LogP contribution in [-0.4, -0.2) is 24.5 Å². The Hall–Kier alpha value is -2.32. The van der Waals surface area contributed by atoms with E-state index in [1.807, 2.05) is 24.4 Å². The molecular weight excluding hydrogens is 284 g/mol. The van der Waals surface area contributed by atoms with Crippen molar-refractivity contribution < 1.29 is 9.53 Å². The minimum atomic E-state index is -0.115. The second kappa shape index (κ2) is 6.91. The van der Waals surface area contributed by atoms with Crippen molar-refractivity contribution in [3.05, 3.63) is 51.7 Å². The number of nitriles is 1. The van der Waals surface area contributed by atoms with Crippen LogP contribution in [0.3, 0.4) is 0 Å². The average molecular weight is 300 g/mol. The van der Waals surface area contributed by atoms with E-state index in [2.05, 4.69) is 0 Å². The third-order valence-corrected chi connectivity index (χ3v) is 4.14. The quantitative estimate of drug-likeness (QED) is 0.853. The molecule has 0 unspecified atom stereocenters. The molecule has 0 aliphatic carbocycles. The van der Waals surface area contributed by atoms with Crippen molar-refractivity contribution in [2.75, 3.05) is 13.7 Å². The number of nitrogens with zero attached hydrogens (tertiary/aromatic N) is 2. The summed E-state index contributed by atoms with van der Waals surface area (Å²) in [6, 6.07) is 11.0. The number of likely N-dealkylation sites (N-methyl/N-ethyl adjacent to an activating group) is 1. The highest BCUT2D eigenvalue weighted by atomic mass is 32.1. The first kappa shape index (κ1) is 15.1. The zero-order valence-electron chi connectivity index (χ0n) is 12.0. The first-order chi connectivity index (χ1) is 10.1. The van der Waals surface area contributed by atoms with E-state index >= 15 is 0 Å². The fraction of sp³-hybridized carbons (Fsp3) is 0.250. The summed E-state index contributed by atoms with van der Waals surface area (Å²) in [7, 11) is 1.75. The first-order valence-corrected chi connectivity index (χ1v) is 7.38. The monoisotopic (exact) mass is 300 g/mol. The zero-order valence-corrected chi connectivity index (χ0v) is 12.8. The van der Waals surface area contributed by atoms with Gasteiger partial charge in [0.25, 0.3) is 5.91 Å². The molecule has 0 fully saturated rings. The molecule has 5 heteroatoms. The van der Waals surface area contributed by atoms with Gasteiger partial charge in [-0.15, -0.1) is 11.3 Å². The van der Waals surface area contributed by atoms with Gasteiger partial charge in [-0.05, 0) is 36.1 Å². The van der Waals surface area contributed by atoms with Gasteiger partial charge in [0.2, 0.25) is 0 Å². The van der Waals surface area contributed by atoms with Crippen LogP contribution >= 0.6 is 11.3 Å². The van der Waals surface area contributed by atoms with Gasteiger partial charge in [0.05, 0.1) is 12.1 Å². The van der Waals surface area contributed by atoms with Crippen molar-refractivity contribution in [2.24, 2.45) is 0 Å². The highest BCUT2D eigenvalue weighted by Gasteiger charge is 2.13. The highest BCUT2D eigenvalue weighted by Crippen LogP contribution is 2.18. The van der Waals surface area contributed by atoms with Crippen LogP contribution in [0, 0.1) is 18.3 Å². The fourth-order valence-electron chi connectivity index (χ4n) is 1.80. The summed E-state index contributed by atoms with van der Waals surface area (Å²) in [6.07, 6.45) is 0. The summed E-state index contributed by atoms with van der Waals surface area (Å²) >= 11 is 1.64. The Morgan fingerprint density at radius 2 is 2.14 bits per heavy atom. The maximum absolute atomic E-state index is 12.1. The van der Waals surface area contributed by atoms with Gasteiger partial charge in [-0.2, -0.15) is 5.26 Å². The smallest absolute Gasteiger partial charge is 0.260 e. The lowest BCUT2D eigenvalue weighted by Crippen LogP contribution is -2.30. The van der Waals surface area contributed by atoms with Crippen molar-refractivity contribution in [1.82, 2.24) is 4.90 Å². The fourth-order valence-corrected chi connectivity index (χ4v) is 2.76. The van der Waals surface area contributed by atoms with E-state index in [1.165, 1.54) is 10.4 Å². The van der Waals surface area contributed by atoms with Crippen LogP contribution in [0.2, 0.25) is 0 Å². The lowest BCUT2D eigenvalue weighted by atomic mass is 10.2. The summed E-state index contributed by atoms with van der Waals surface area (Å²) in [4.78, 5) is 14.9. The molecule has 1 aromatic heterocycles. The zero-order chi connectivity index (χ0) is 15.2. The Kier molecular flexibility index (Phi) is 4.96. The Morgan fingerprint density at radius 3 is 2.81 bits per heavy atom. The molecule has 0 saturated heterocycles. The van der Waals surface area contributed by atoms with Gasteiger partial charge in [0.1, 0.15) is 11.8 Å². The maximum atomic E-state index is 12.1. The van der Waals surface area contributed by atoms with Crippen LogP contribution < -0.4 is 4.74 Å². The molecule has 0 N–H and O–H groups in total. The molecule has 21 heavy (non-hydrogen) atoms. The van der Waals surface area contributed by atoms with Gasteiger partial charge in [-0.1, -0.05) is 12.1 Å². The number of para-hydroxylation sites is 1. The Morgan fingerprint density at radius 1 is 1.38 bits per heavy atom. The number of rotatable bonds is 5. The standard InChI is InChI=1S/C16H16N2O2S/c1-12-7-8-21-15(12)10-18(2)16(19)11-20-14-6-4-3-5-13(14)9-17/h3-8H,10-11H2,1-2H3. The SMILES string of the molecule is Cc1ccsc1CN(C)C(=O)COc1ccccc1C#N. The normalized spacial score (nSPS) is 9.95. The van der Waals surface area contributed by atoms with Crippen LogP contribution in [0.1, 0.15) is 16.0 Å². The van der Waals surface area contributed by atoms with E-state index in [4.69, 9.17) is 10.00 Å². The van der Waals surface area contributed by atoms with E-state index in [1.54, 1.807) is 47.5 Å². The Bertz CT molecular complexity index is 673. The molecular formula is C16H16N2O2S. The van der Waals surface area contributed by atoms with E-state index in [0.717, 1.165) is 0 Å². The number of carbonyl (C=O) groups is 1. The minimum absolute atomic E-state index is 0.0698. The summed E-state index contributed by atoms with van der Waals surface area (Å²) in [5, 5.41) is 11.0. The van der Waals surface area contributed by atoms with Gasteiger partial charge >= 0.3 is 0 Å². The van der Waals surface area contributed by atoms with Crippen LogP contribution in [0.4, 0.5) is 0 Å². The first-order valence-electron chi connectivity index (χ1n) is 6.50. The third-order valence-electron chi connectivity index (χ3n) is 3.13. The Balaban J connectivity index is 1.93. The molecule has 108 valence electrons. The molecule has 2 rings (SSSR count). The van der Waals surface area contributed by atoms with Gasteiger partial charge < -0.3 is 9.64 Å². The number of aryl methyl sites for hydroxylation is 1. The van der Waals surface area contributed by atoms with E-state index < -0.39 is 0 Å². The summed E-state index contributed by atoms with van der Waals surface area (Å²) < 4.78 is 5.45. The number of ether oxygens (including phenoxy) is 1. The number of thiophene rings is 1. The average Bonchev–Trinajstić information content (AvgIpc) is 2.90. The molecule has 0 atom stereocenters. The van der Waals surface area contributed by atoms with Gasteiger partial charge in [0.15, 0.2) is 6.61 Å². The molecule has 0 spiro atoms. The second-order valence-electron chi connectivity index (χ2n) is 4.67. The number of hydrogen-bond donors (Lipinski definition) is 0. The predicted octanol–water partition coefficient (Wildman–Crippen LogP) is 2.97. The molecule has 4 nitrogen and oxygen atoms in total. The highest BCUT2D eigenvalue weighted by molar-refractivity contribution is 7.10. The molecule has 2 aromatic rings. The molecule has 0 saturated carbocycles. The van der Waals surface area contributed by atoms with Gasteiger partial charge in [-0.25, -0.2) is 0 Å². The van der Waals surface area contributed by atoms with Crippen molar-refractivity contribution in [3.8, 4) is 11.8 Å². The lowest BCUT2D eigenvalue weighted by Gasteiger charge is -2.17. The van der Waals surface area contributed by atoms with Gasteiger partial charge in [0, 0.05) is 11.9 Å². The maximum Gasteiger partial charge on any atom is 0.260 e. The van der Waals surface area contributed by atoms with Crippen LogP contribution in [-0.2, 0) is 11.3 Å².